The minimum atomic E-state index is -0.480. The van der Waals surface area contributed by atoms with E-state index in [1.54, 1.807) is 13.2 Å². The first-order valence-electron chi connectivity index (χ1n) is 5.62. The van der Waals surface area contributed by atoms with E-state index >= 15 is 0 Å². The van der Waals surface area contributed by atoms with Gasteiger partial charge in [-0.2, -0.15) is 0 Å². The van der Waals surface area contributed by atoms with Crippen molar-refractivity contribution in [2.45, 2.75) is 19.8 Å². The number of carbonyl (C=O) groups is 1. The lowest BCUT2D eigenvalue weighted by molar-refractivity contribution is 0.0933. The summed E-state index contributed by atoms with van der Waals surface area (Å²) in [6.45, 7) is 4.75. The summed E-state index contributed by atoms with van der Waals surface area (Å²) in [5, 5.41) is 2.59. The van der Waals surface area contributed by atoms with Gasteiger partial charge in [0.2, 0.25) is 0 Å². The van der Waals surface area contributed by atoms with E-state index in [0.717, 1.165) is 5.56 Å². The van der Waals surface area contributed by atoms with E-state index in [2.05, 4.69) is 5.32 Å². The number of benzene rings is 1. The Morgan fingerprint density at radius 2 is 2.18 bits per heavy atom. The van der Waals surface area contributed by atoms with Crippen LogP contribution in [0, 0.1) is 5.82 Å². The van der Waals surface area contributed by atoms with Crippen LogP contribution in [-0.4, -0.2) is 26.2 Å². The highest BCUT2D eigenvalue weighted by atomic mass is 19.1. The van der Waals surface area contributed by atoms with Crippen molar-refractivity contribution < 1.29 is 13.9 Å². The Morgan fingerprint density at radius 1 is 1.47 bits per heavy atom. The van der Waals surface area contributed by atoms with Crippen molar-refractivity contribution in [3.05, 3.63) is 35.1 Å². The number of ether oxygens (including phenoxy) is 1. The highest BCUT2D eigenvalue weighted by Gasteiger charge is 2.12. The molecule has 0 fully saturated rings. The molecule has 0 spiro atoms. The molecule has 1 amide bonds. The van der Waals surface area contributed by atoms with Gasteiger partial charge >= 0.3 is 0 Å². The molecule has 1 aromatic rings. The number of carbonyl (C=O) groups excluding carboxylic acids is 1. The molecule has 0 aromatic heterocycles. The molecule has 0 atom stereocenters. The molecule has 0 heterocycles. The fourth-order valence-corrected chi connectivity index (χ4v) is 1.44. The number of rotatable bonds is 5. The average molecular weight is 239 g/mol. The van der Waals surface area contributed by atoms with Crippen LogP contribution < -0.4 is 5.32 Å². The molecule has 0 saturated carbocycles. The van der Waals surface area contributed by atoms with E-state index in [0.29, 0.717) is 13.2 Å². The van der Waals surface area contributed by atoms with E-state index in [9.17, 15) is 9.18 Å². The zero-order valence-electron chi connectivity index (χ0n) is 10.4. The van der Waals surface area contributed by atoms with Gasteiger partial charge in [0, 0.05) is 13.7 Å². The normalized spacial score (nSPS) is 10.6. The van der Waals surface area contributed by atoms with Crippen LogP contribution in [0.15, 0.2) is 18.2 Å². The molecular weight excluding hydrogens is 221 g/mol. The highest BCUT2D eigenvalue weighted by molar-refractivity contribution is 5.94. The van der Waals surface area contributed by atoms with Crippen LogP contribution in [-0.2, 0) is 4.74 Å². The van der Waals surface area contributed by atoms with Crippen molar-refractivity contribution in [3.63, 3.8) is 0 Å². The van der Waals surface area contributed by atoms with Gasteiger partial charge in [0.05, 0.1) is 12.2 Å². The summed E-state index contributed by atoms with van der Waals surface area (Å²) < 4.78 is 18.5. The molecule has 1 rings (SSSR count). The number of methoxy groups -OCH3 is 1. The van der Waals surface area contributed by atoms with E-state index < -0.39 is 11.7 Å². The lowest BCUT2D eigenvalue weighted by atomic mass is 10.0. The Labute approximate surface area is 101 Å². The SMILES string of the molecule is COCCNC(=O)c1ccc(C(C)C)cc1F. The Kier molecular flexibility index (Phi) is 5.10. The first-order chi connectivity index (χ1) is 8.06. The summed E-state index contributed by atoms with van der Waals surface area (Å²) >= 11 is 0. The van der Waals surface area contributed by atoms with Gasteiger partial charge < -0.3 is 10.1 Å². The predicted octanol–water partition coefficient (Wildman–Crippen LogP) is 2.33. The fraction of sp³-hybridized carbons (Fsp3) is 0.462. The number of hydrogen-bond donors (Lipinski definition) is 1. The molecule has 3 nitrogen and oxygen atoms in total. The molecule has 4 heteroatoms. The standard InChI is InChI=1S/C13H18FNO2/c1-9(2)10-4-5-11(12(14)8-10)13(16)15-6-7-17-3/h4-5,8-9H,6-7H2,1-3H3,(H,15,16). The summed E-state index contributed by atoms with van der Waals surface area (Å²) in [4.78, 5) is 11.6. The van der Waals surface area contributed by atoms with Gasteiger partial charge in [-0.1, -0.05) is 19.9 Å². The van der Waals surface area contributed by atoms with Gasteiger partial charge in [0.25, 0.3) is 5.91 Å². The summed E-state index contributed by atoms with van der Waals surface area (Å²) in [6, 6.07) is 4.71. The molecule has 17 heavy (non-hydrogen) atoms. The van der Waals surface area contributed by atoms with Crippen LogP contribution in [0.5, 0.6) is 0 Å². The molecule has 0 saturated heterocycles. The van der Waals surface area contributed by atoms with Crippen LogP contribution in [0.25, 0.3) is 0 Å². The summed E-state index contributed by atoms with van der Waals surface area (Å²) in [6.07, 6.45) is 0. The van der Waals surface area contributed by atoms with Gasteiger partial charge in [-0.3, -0.25) is 4.79 Å². The van der Waals surface area contributed by atoms with Gasteiger partial charge in [-0.25, -0.2) is 4.39 Å². The third-order valence-electron chi connectivity index (χ3n) is 2.50. The van der Waals surface area contributed by atoms with Crippen molar-refractivity contribution in [1.82, 2.24) is 5.32 Å². The molecule has 94 valence electrons. The number of hydrogen-bond acceptors (Lipinski definition) is 2. The third-order valence-corrected chi connectivity index (χ3v) is 2.50. The van der Waals surface area contributed by atoms with Crippen LogP contribution in [0.3, 0.4) is 0 Å². The maximum Gasteiger partial charge on any atom is 0.254 e. The van der Waals surface area contributed by atoms with Crippen molar-refractivity contribution in [1.29, 1.82) is 0 Å². The molecule has 1 aromatic carbocycles. The maximum absolute atomic E-state index is 13.7. The van der Waals surface area contributed by atoms with Crippen molar-refractivity contribution in [2.75, 3.05) is 20.3 Å². The van der Waals surface area contributed by atoms with E-state index in [1.165, 1.54) is 12.1 Å². The Hall–Kier alpha value is -1.42. The highest BCUT2D eigenvalue weighted by Crippen LogP contribution is 2.17. The molecule has 0 unspecified atom stereocenters. The summed E-state index contributed by atoms with van der Waals surface area (Å²) in [5.41, 5.74) is 0.960. The van der Waals surface area contributed by atoms with Gasteiger partial charge in [0.1, 0.15) is 5.82 Å². The monoisotopic (exact) mass is 239 g/mol. The summed E-state index contributed by atoms with van der Waals surface area (Å²) in [5.74, 6) is -0.643. The zero-order valence-corrected chi connectivity index (χ0v) is 10.4. The average Bonchev–Trinajstić information content (AvgIpc) is 2.28. The lowest BCUT2D eigenvalue weighted by Crippen LogP contribution is -2.27. The predicted molar refractivity (Wildman–Crippen MR) is 64.7 cm³/mol. The first kappa shape index (κ1) is 13.6. The van der Waals surface area contributed by atoms with Crippen LogP contribution in [0.4, 0.5) is 4.39 Å². The first-order valence-corrected chi connectivity index (χ1v) is 5.62. The third kappa shape index (κ3) is 3.82. The van der Waals surface area contributed by atoms with E-state index in [-0.39, 0.29) is 11.5 Å². The van der Waals surface area contributed by atoms with Crippen molar-refractivity contribution >= 4 is 5.91 Å². The second kappa shape index (κ2) is 6.35. The molecule has 0 aliphatic carbocycles. The molecule has 0 aliphatic rings. The Balaban J connectivity index is 2.74. The van der Waals surface area contributed by atoms with E-state index in [4.69, 9.17) is 4.74 Å². The largest absolute Gasteiger partial charge is 0.383 e. The molecule has 0 bridgehead atoms. The summed E-state index contributed by atoms with van der Waals surface area (Å²) in [7, 11) is 1.55. The second-order valence-electron chi connectivity index (χ2n) is 4.14. The molecule has 0 radical (unpaired) electrons. The van der Waals surface area contributed by atoms with Crippen molar-refractivity contribution in [2.24, 2.45) is 0 Å². The Bertz CT molecular complexity index is 391. The lowest BCUT2D eigenvalue weighted by Gasteiger charge is -2.09. The number of amides is 1. The van der Waals surface area contributed by atoms with E-state index in [1.807, 2.05) is 13.8 Å². The molecule has 0 aliphatic heterocycles. The minimum Gasteiger partial charge on any atom is -0.383 e. The maximum atomic E-state index is 13.7. The van der Waals surface area contributed by atoms with Crippen LogP contribution in [0.1, 0.15) is 35.7 Å². The topological polar surface area (TPSA) is 38.3 Å². The van der Waals surface area contributed by atoms with Crippen LogP contribution >= 0.6 is 0 Å². The van der Waals surface area contributed by atoms with Gasteiger partial charge in [0.15, 0.2) is 0 Å². The second-order valence-corrected chi connectivity index (χ2v) is 4.14. The number of halogens is 1. The molecule has 1 N–H and O–H groups in total. The van der Waals surface area contributed by atoms with Gasteiger partial charge in [-0.05, 0) is 23.6 Å². The van der Waals surface area contributed by atoms with Crippen molar-refractivity contribution in [3.8, 4) is 0 Å². The Morgan fingerprint density at radius 3 is 2.71 bits per heavy atom. The fourth-order valence-electron chi connectivity index (χ4n) is 1.44. The smallest absolute Gasteiger partial charge is 0.254 e. The molecular formula is C13H18FNO2. The van der Waals surface area contributed by atoms with Crippen LogP contribution in [0.2, 0.25) is 0 Å². The van der Waals surface area contributed by atoms with Gasteiger partial charge in [-0.15, -0.1) is 0 Å². The zero-order chi connectivity index (χ0) is 12.8. The number of nitrogens with one attached hydrogen (secondary N) is 1. The minimum absolute atomic E-state index is 0.0745. The quantitative estimate of drug-likeness (QED) is 0.801.